The Morgan fingerprint density at radius 3 is 1.36 bits per heavy atom. The smallest absolute Gasteiger partial charge is 0.0535 e. The predicted octanol–water partition coefficient (Wildman–Crippen LogP) is 14.8. The molecule has 4 aromatic carbocycles. The van der Waals surface area contributed by atoms with Crippen molar-refractivity contribution in [2.75, 3.05) is 0 Å². The summed E-state index contributed by atoms with van der Waals surface area (Å²) < 4.78 is 7.56. The van der Waals surface area contributed by atoms with E-state index in [4.69, 9.17) is 0 Å². The van der Waals surface area contributed by atoms with E-state index in [1.165, 1.54) is 143 Å². The molecule has 0 radical (unpaired) electrons. The summed E-state index contributed by atoms with van der Waals surface area (Å²) in [7, 11) is 0. The zero-order chi connectivity index (χ0) is 34.2. The molecule has 258 valence electrons. The van der Waals surface area contributed by atoms with Crippen LogP contribution in [-0.4, -0.2) is 9.13 Å². The molecular weight excluding hydrogens is 740 g/mol. The molecule has 0 N–H and O–H groups in total. The lowest BCUT2D eigenvalue weighted by Crippen LogP contribution is -2.13. The molecule has 2 aromatic heterocycles. The van der Waals surface area contributed by atoms with E-state index in [2.05, 4.69) is 140 Å². The number of aryl methyl sites for hydroxylation is 2. The second kappa shape index (κ2) is 14.9. The van der Waals surface area contributed by atoms with Crippen molar-refractivity contribution in [1.29, 1.82) is 0 Å². The molecule has 2 atom stereocenters. The zero-order valence-corrected chi connectivity index (χ0v) is 33.0. The standard InChI is InChI=1S/C46H50Br2N2/c1-3-5-7-11-33-13-9-15-39-41-29-35(47)21-27-43(41)49(45(33)39)37-23-17-31(18-24-37)32-19-25-38(26-20-32)50-44-28-22-36(48)30-42(44)40-16-10-14-34(46(40)50)12-8-6-4-2/h17-30,33-34H,3-16H2,1-2H3. The molecular formula is C46H50Br2N2. The highest BCUT2D eigenvalue weighted by atomic mass is 79.9. The van der Waals surface area contributed by atoms with Crippen LogP contribution in [0.2, 0.25) is 0 Å². The van der Waals surface area contributed by atoms with Gasteiger partial charge in [0.1, 0.15) is 0 Å². The number of benzene rings is 4. The van der Waals surface area contributed by atoms with Crippen molar-refractivity contribution in [3.8, 4) is 22.5 Å². The summed E-state index contributed by atoms with van der Waals surface area (Å²) in [5, 5.41) is 2.85. The van der Waals surface area contributed by atoms with Crippen molar-refractivity contribution in [3.63, 3.8) is 0 Å². The lowest BCUT2D eigenvalue weighted by molar-refractivity contribution is 0.480. The van der Waals surface area contributed by atoms with Gasteiger partial charge in [0.2, 0.25) is 0 Å². The fourth-order valence-electron chi connectivity index (χ4n) is 9.41. The fraction of sp³-hybridized carbons (Fsp3) is 0.391. The highest BCUT2D eigenvalue weighted by Gasteiger charge is 2.30. The maximum Gasteiger partial charge on any atom is 0.0535 e. The number of nitrogens with zero attached hydrogens (tertiary/aromatic N) is 2. The fourth-order valence-corrected chi connectivity index (χ4v) is 10.1. The van der Waals surface area contributed by atoms with Gasteiger partial charge in [-0.3, -0.25) is 0 Å². The van der Waals surface area contributed by atoms with Gasteiger partial charge in [-0.25, -0.2) is 0 Å². The van der Waals surface area contributed by atoms with Crippen LogP contribution in [0.4, 0.5) is 0 Å². The Morgan fingerprint density at radius 1 is 0.540 bits per heavy atom. The van der Waals surface area contributed by atoms with Gasteiger partial charge in [0.05, 0.1) is 11.0 Å². The molecule has 0 saturated carbocycles. The van der Waals surface area contributed by atoms with Gasteiger partial charge in [-0.15, -0.1) is 0 Å². The highest BCUT2D eigenvalue weighted by molar-refractivity contribution is 9.10. The van der Waals surface area contributed by atoms with Crippen LogP contribution in [0, 0.1) is 0 Å². The number of fused-ring (bicyclic) bond motifs is 6. The van der Waals surface area contributed by atoms with Crippen LogP contribution in [-0.2, 0) is 12.8 Å². The van der Waals surface area contributed by atoms with Gasteiger partial charge < -0.3 is 9.13 Å². The molecule has 2 heterocycles. The summed E-state index contributed by atoms with van der Waals surface area (Å²) in [5.41, 5.74) is 14.1. The van der Waals surface area contributed by atoms with Gasteiger partial charge in [0.15, 0.2) is 0 Å². The summed E-state index contributed by atoms with van der Waals surface area (Å²) >= 11 is 7.56. The van der Waals surface area contributed by atoms with Crippen molar-refractivity contribution in [2.24, 2.45) is 0 Å². The van der Waals surface area contributed by atoms with Crippen molar-refractivity contribution >= 4 is 53.7 Å². The number of halogens is 2. The highest BCUT2D eigenvalue weighted by Crippen LogP contribution is 2.45. The number of rotatable bonds is 11. The third kappa shape index (κ3) is 6.34. The maximum absolute atomic E-state index is 3.78. The Bertz CT molecular complexity index is 1960. The molecule has 2 aliphatic rings. The number of unbranched alkanes of at least 4 members (excludes halogenated alkanes) is 4. The molecule has 0 amide bonds. The minimum absolute atomic E-state index is 0.631. The first-order valence-electron chi connectivity index (χ1n) is 19.4. The molecule has 8 rings (SSSR count). The monoisotopic (exact) mass is 788 g/mol. The van der Waals surface area contributed by atoms with Crippen LogP contribution in [0.5, 0.6) is 0 Å². The quantitative estimate of drug-likeness (QED) is 0.116. The molecule has 0 aliphatic heterocycles. The first-order chi connectivity index (χ1) is 24.6. The minimum atomic E-state index is 0.631. The van der Waals surface area contributed by atoms with E-state index < -0.39 is 0 Å². The van der Waals surface area contributed by atoms with Crippen molar-refractivity contribution in [3.05, 3.63) is 116 Å². The van der Waals surface area contributed by atoms with Gasteiger partial charge in [0.25, 0.3) is 0 Å². The molecule has 2 unspecified atom stereocenters. The third-order valence-electron chi connectivity index (χ3n) is 11.8. The Kier molecular flexibility index (Phi) is 10.1. The predicted molar refractivity (Wildman–Crippen MR) is 221 cm³/mol. The molecule has 4 heteroatoms. The lowest BCUT2D eigenvalue weighted by Gasteiger charge is -2.26. The van der Waals surface area contributed by atoms with Crippen molar-refractivity contribution in [1.82, 2.24) is 9.13 Å². The third-order valence-corrected chi connectivity index (χ3v) is 12.8. The van der Waals surface area contributed by atoms with Gasteiger partial charge in [-0.1, -0.05) is 108 Å². The Labute approximate surface area is 315 Å². The van der Waals surface area contributed by atoms with E-state index in [1.807, 2.05) is 0 Å². The lowest BCUT2D eigenvalue weighted by atomic mass is 9.83. The zero-order valence-electron chi connectivity index (χ0n) is 29.8. The van der Waals surface area contributed by atoms with E-state index >= 15 is 0 Å². The van der Waals surface area contributed by atoms with E-state index in [9.17, 15) is 0 Å². The largest absolute Gasteiger partial charge is 0.313 e. The summed E-state index contributed by atoms with van der Waals surface area (Å²) in [6, 6.07) is 32.6. The molecule has 0 fully saturated rings. The van der Waals surface area contributed by atoms with E-state index in [1.54, 1.807) is 22.5 Å². The number of hydrogen-bond acceptors (Lipinski definition) is 0. The van der Waals surface area contributed by atoms with Crippen LogP contribution in [0.25, 0.3) is 44.3 Å². The van der Waals surface area contributed by atoms with E-state index in [-0.39, 0.29) is 0 Å². The van der Waals surface area contributed by atoms with Crippen LogP contribution < -0.4 is 0 Å². The van der Waals surface area contributed by atoms with Gasteiger partial charge in [0, 0.05) is 42.5 Å². The van der Waals surface area contributed by atoms with E-state index in [0.717, 1.165) is 0 Å². The SMILES string of the molecule is CCCCCC1CCCc2c1n(-c1ccc(-c3ccc(-n4c5c(c6cc(Br)ccc64)CCCC5CCCCC)cc3)cc1)c1ccc(Br)cc21. The van der Waals surface area contributed by atoms with Crippen LogP contribution in [0.15, 0.2) is 93.9 Å². The average Bonchev–Trinajstić information content (AvgIpc) is 3.65. The Hall–Kier alpha value is -3.08. The van der Waals surface area contributed by atoms with Crippen LogP contribution in [0.3, 0.4) is 0 Å². The summed E-state index contributed by atoms with van der Waals surface area (Å²) in [4.78, 5) is 0. The molecule has 50 heavy (non-hydrogen) atoms. The second-order valence-electron chi connectivity index (χ2n) is 15.0. The molecule has 2 aliphatic carbocycles. The summed E-state index contributed by atoms with van der Waals surface area (Å²) in [5.74, 6) is 1.26. The first-order valence-corrected chi connectivity index (χ1v) is 21.0. The van der Waals surface area contributed by atoms with Gasteiger partial charge in [-0.2, -0.15) is 0 Å². The maximum atomic E-state index is 3.78. The van der Waals surface area contributed by atoms with Gasteiger partial charge >= 0.3 is 0 Å². The number of aromatic nitrogens is 2. The first kappa shape index (κ1) is 34.0. The van der Waals surface area contributed by atoms with Gasteiger partial charge in [-0.05, 0) is 146 Å². The number of hydrogen-bond donors (Lipinski definition) is 0. The molecule has 0 spiro atoms. The van der Waals surface area contributed by atoms with Crippen molar-refractivity contribution < 1.29 is 0 Å². The molecule has 6 aromatic rings. The normalized spacial score (nSPS) is 17.4. The van der Waals surface area contributed by atoms with Crippen molar-refractivity contribution in [2.45, 2.75) is 116 Å². The van der Waals surface area contributed by atoms with E-state index in [0.29, 0.717) is 11.8 Å². The minimum Gasteiger partial charge on any atom is -0.313 e. The van der Waals surface area contributed by atoms with Crippen LogP contribution >= 0.6 is 31.9 Å². The molecule has 0 saturated heterocycles. The molecule has 0 bridgehead atoms. The summed E-state index contributed by atoms with van der Waals surface area (Å²) in [6.45, 7) is 4.63. The topological polar surface area (TPSA) is 9.86 Å². The average molecular weight is 791 g/mol. The second-order valence-corrected chi connectivity index (χ2v) is 16.8. The Balaban J connectivity index is 1.14. The Morgan fingerprint density at radius 2 is 0.960 bits per heavy atom. The molecule has 2 nitrogen and oxygen atoms in total. The van der Waals surface area contributed by atoms with Crippen LogP contribution in [0.1, 0.15) is 125 Å². The summed E-state index contributed by atoms with van der Waals surface area (Å²) in [6.07, 6.45) is 18.0.